The summed E-state index contributed by atoms with van der Waals surface area (Å²) in [6.45, 7) is 4.06. The maximum absolute atomic E-state index is 12.9. The van der Waals surface area contributed by atoms with Crippen molar-refractivity contribution in [2.75, 3.05) is 18.4 Å². The topological polar surface area (TPSA) is 84.3 Å². The fourth-order valence-corrected chi connectivity index (χ4v) is 3.15. The molecular weight excluding hydrogens is 368 g/mol. The zero-order valence-corrected chi connectivity index (χ0v) is 16.6. The van der Waals surface area contributed by atoms with Gasteiger partial charge in [0.25, 0.3) is 5.56 Å². The number of aryl methyl sites for hydroxylation is 1. The monoisotopic (exact) mass is 392 g/mol. The summed E-state index contributed by atoms with van der Waals surface area (Å²) < 4.78 is 1.40. The van der Waals surface area contributed by atoms with Crippen molar-refractivity contribution in [3.05, 3.63) is 70.6 Å². The lowest BCUT2D eigenvalue weighted by atomic mass is 10.2. The van der Waals surface area contributed by atoms with Gasteiger partial charge >= 0.3 is 0 Å². The van der Waals surface area contributed by atoms with Gasteiger partial charge in [-0.2, -0.15) is 0 Å². The fourth-order valence-electron chi connectivity index (χ4n) is 3.15. The molecule has 0 unspecified atom stereocenters. The number of carbonyl (C=O) groups is 2. The Morgan fingerprint density at radius 1 is 1.10 bits per heavy atom. The van der Waals surface area contributed by atoms with Crippen LogP contribution in [0.3, 0.4) is 0 Å². The number of fused-ring (bicyclic) bond motifs is 1. The Morgan fingerprint density at radius 2 is 1.83 bits per heavy atom. The van der Waals surface area contributed by atoms with Crippen LogP contribution < -0.4 is 10.9 Å². The number of carbonyl (C=O) groups excluding carboxylic acids is 2. The van der Waals surface area contributed by atoms with E-state index in [1.807, 2.05) is 44.2 Å². The highest BCUT2D eigenvalue weighted by Crippen LogP contribution is 2.13. The van der Waals surface area contributed by atoms with Crippen LogP contribution in [0.4, 0.5) is 5.69 Å². The van der Waals surface area contributed by atoms with E-state index in [-0.39, 0.29) is 30.5 Å². The van der Waals surface area contributed by atoms with E-state index in [1.165, 1.54) is 15.7 Å². The molecule has 1 N–H and O–H groups in total. The van der Waals surface area contributed by atoms with Crippen LogP contribution in [0.25, 0.3) is 11.0 Å². The van der Waals surface area contributed by atoms with Gasteiger partial charge in [0.1, 0.15) is 6.54 Å². The molecule has 1 aromatic heterocycles. The fraction of sp³-hybridized carbons (Fsp3) is 0.273. The predicted molar refractivity (Wildman–Crippen MR) is 113 cm³/mol. The number of benzene rings is 2. The first kappa shape index (κ1) is 20.3. The van der Waals surface area contributed by atoms with Crippen molar-refractivity contribution >= 4 is 28.5 Å². The molecule has 0 bridgehead atoms. The molecule has 0 fully saturated rings. The highest BCUT2D eigenvalue weighted by molar-refractivity contribution is 5.95. The van der Waals surface area contributed by atoms with Gasteiger partial charge in [-0.05, 0) is 37.1 Å². The first-order valence-electron chi connectivity index (χ1n) is 9.57. The average molecular weight is 392 g/mol. The van der Waals surface area contributed by atoms with Gasteiger partial charge in [-0.15, -0.1) is 0 Å². The number of rotatable bonds is 7. The first-order chi connectivity index (χ1) is 14.0. The second-order valence-corrected chi connectivity index (χ2v) is 6.85. The number of nitrogens with one attached hydrogen (secondary N) is 1. The van der Waals surface area contributed by atoms with Crippen LogP contribution in [-0.4, -0.2) is 39.4 Å². The molecule has 3 aromatic rings. The normalized spacial score (nSPS) is 10.7. The van der Waals surface area contributed by atoms with Gasteiger partial charge in [0, 0.05) is 12.2 Å². The van der Waals surface area contributed by atoms with E-state index >= 15 is 0 Å². The van der Waals surface area contributed by atoms with E-state index < -0.39 is 0 Å². The number of para-hydroxylation sites is 3. The summed E-state index contributed by atoms with van der Waals surface area (Å²) in [7, 11) is 0. The molecule has 0 aliphatic rings. The van der Waals surface area contributed by atoms with Crippen molar-refractivity contribution in [2.24, 2.45) is 0 Å². The minimum atomic E-state index is -0.349. The van der Waals surface area contributed by atoms with Crippen molar-refractivity contribution < 1.29 is 9.59 Å². The molecule has 7 nitrogen and oxygen atoms in total. The lowest BCUT2D eigenvalue weighted by Gasteiger charge is -2.22. The van der Waals surface area contributed by atoms with Gasteiger partial charge in [-0.1, -0.05) is 37.3 Å². The van der Waals surface area contributed by atoms with Gasteiger partial charge < -0.3 is 10.2 Å². The molecule has 1 heterocycles. The van der Waals surface area contributed by atoms with E-state index in [4.69, 9.17) is 0 Å². The molecule has 2 aromatic carbocycles. The highest BCUT2D eigenvalue weighted by atomic mass is 16.2. The Morgan fingerprint density at radius 3 is 2.59 bits per heavy atom. The molecule has 0 spiro atoms. The molecule has 0 aliphatic heterocycles. The molecule has 150 valence electrons. The number of aromatic nitrogens is 2. The Kier molecular flexibility index (Phi) is 6.39. The number of anilines is 1. The maximum atomic E-state index is 12.9. The van der Waals surface area contributed by atoms with E-state index in [1.54, 1.807) is 18.2 Å². The molecule has 0 atom stereocenters. The Balaban J connectivity index is 1.77. The lowest BCUT2D eigenvalue weighted by Crippen LogP contribution is -2.41. The van der Waals surface area contributed by atoms with E-state index in [2.05, 4.69) is 10.3 Å². The van der Waals surface area contributed by atoms with Crippen LogP contribution >= 0.6 is 0 Å². The maximum Gasteiger partial charge on any atom is 0.269 e. The summed E-state index contributed by atoms with van der Waals surface area (Å²) in [6, 6.07) is 14.6. The number of amides is 2. The zero-order chi connectivity index (χ0) is 20.8. The highest BCUT2D eigenvalue weighted by Gasteiger charge is 2.19. The van der Waals surface area contributed by atoms with E-state index in [0.717, 1.165) is 11.3 Å². The van der Waals surface area contributed by atoms with Crippen molar-refractivity contribution in [3.8, 4) is 0 Å². The Bertz CT molecular complexity index is 1090. The third-order valence-electron chi connectivity index (χ3n) is 4.65. The van der Waals surface area contributed by atoms with Crippen LogP contribution in [0, 0.1) is 6.92 Å². The minimum absolute atomic E-state index is 0.0707. The number of nitrogens with zero attached hydrogens (tertiary/aromatic N) is 3. The average Bonchev–Trinajstić information content (AvgIpc) is 2.71. The largest absolute Gasteiger partial charge is 0.332 e. The molecule has 0 saturated carbocycles. The SMILES string of the molecule is CCCN(CC(=O)Nc1ccccc1C)C(=O)Cn1c(=O)cnc2ccccc21. The third-order valence-corrected chi connectivity index (χ3v) is 4.65. The number of hydrogen-bond acceptors (Lipinski definition) is 4. The molecule has 0 saturated heterocycles. The molecule has 0 aliphatic carbocycles. The van der Waals surface area contributed by atoms with E-state index in [0.29, 0.717) is 24.0 Å². The molecule has 2 amide bonds. The molecule has 3 rings (SSSR count). The van der Waals surface area contributed by atoms with Crippen molar-refractivity contribution in [2.45, 2.75) is 26.8 Å². The van der Waals surface area contributed by atoms with Crippen LogP contribution in [0.5, 0.6) is 0 Å². The van der Waals surface area contributed by atoms with Crippen LogP contribution in [0.2, 0.25) is 0 Å². The molecule has 7 heteroatoms. The zero-order valence-electron chi connectivity index (χ0n) is 16.6. The van der Waals surface area contributed by atoms with Crippen LogP contribution in [0.1, 0.15) is 18.9 Å². The smallest absolute Gasteiger partial charge is 0.269 e. The van der Waals surface area contributed by atoms with Crippen molar-refractivity contribution in [3.63, 3.8) is 0 Å². The summed E-state index contributed by atoms with van der Waals surface area (Å²) in [5.41, 5.74) is 2.55. The van der Waals surface area contributed by atoms with Crippen molar-refractivity contribution in [1.29, 1.82) is 0 Å². The summed E-state index contributed by atoms with van der Waals surface area (Å²) >= 11 is 0. The van der Waals surface area contributed by atoms with Crippen LogP contribution in [0.15, 0.2) is 59.5 Å². The van der Waals surface area contributed by atoms with Gasteiger partial charge in [-0.25, -0.2) is 4.98 Å². The third kappa shape index (κ3) is 4.87. The quantitative estimate of drug-likeness (QED) is 0.670. The molecule has 0 radical (unpaired) electrons. The van der Waals surface area contributed by atoms with Gasteiger partial charge in [0.05, 0.1) is 23.8 Å². The summed E-state index contributed by atoms with van der Waals surface area (Å²) in [5, 5.41) is 2.85. The van der Waals surface area contributed by atoms with Gasteiger partial charge in [0.2, 0.25) is 11.8 Å². The molecular formula is C22H24N4O3. The standard InChI is InChI=1S/C22H24N4O3/c1-3-12-25(14-20(27)24-17-9-5-4-8-16(17)2)22(29)15-26-19-11-7-6-10-18(19)23-13-21(26)28/h4-11,13H,3,12,14-15H2,1-2H3,(H,24,27). The minimum Gasteiger partial charge on any atom is -0.332 e. The van der Waals surface area contributed by atoms with Crippen molar-refractivity contribution in [1.82, 2.24) is 14.5 Å². The van der Waals surface area contributed by atoms with Crippen LogP contribution in [-0.2, 0) is 16.1 Å². The second kappa shape index (κ2) is 9.14. The second-order valence-electron chi connectivity index (χ2n) is 6.85. The molecule has 29 heavy (non-hydrogen) atoms. The van der Waals surface area contributed by atoms with E-state index in [9.17, 15) is 14.4 Å². The first-order valence-corrected chi connectivity index (χ1v) is 9.57. The predicted octanol–water partition coefficient (Wildman–Crippen LogP) is 2.58. The van der Waals surface area contributed by atoms with Gasteiger partial charge in [0.15, 0.2) is 0 Å². The summed E-state index contributed by atoms with van der Waals surface area (Å²) in [6.07, 6.45) is 1.92. The summed E-state index contributed by atoms with van der Waals surface area (Å²) in [4.78, 5) is 43.3. The Hall–Kier alpha value is -3.48. The Labute approximate surface area is 169 Å². The lowest BCUT2D eigenvalue weighted by molar-refractivity contribution is -0.135. The number of hydrogen-bond donors (Lipinski definition) is 1. The van der Waals surface area contributed by atoms with Gasteiger partial charge in [-0.3, -0.25) is 19.0 Å². The summed E-state index contributed by atoms with van der Waals surface area (Å²) in [5.74, 6) is -0.557.